The van der Waals surface area contributed by atoms with Crippen molar-refractivity contribution in [1.29, 1.82) is 0 Å². The van der Waals surface area contributed by atoms with Gasteiger partial charge in [0.05, 0.1) is 0 Å². The lowest BCUT2D eigenvalue weighted by molar-refractivity contribution is -0.122. The molecule has 0 radical (unpaired) electrons. The Morgan fingerprint density at radius 2 is 1.60 bits per heavy atom. The average Bonchev–Trinajstić information content (AvgIpc) is 2.44. The van der Waals surface area contributed by atoms with Crippen LogP contribution in [0.4, 0.5) is 5.69 Å². The highest BCUT2D eigenvalue weighted by Crippen LogP contribution is 2.17. The second-order valence-corrected chi connectivity index (χ2v) is 5.66. The molecule has 0 aliphatic heterocycles. The van der Waals surface area contributed by atoms with E-state index < -0.39 is 0 Å². The number of benzene rings is 1. The number of hydrogen-bond donors (Lipinski definition) is 2. The highest BCUT2D eigenvalue weighted by atomic mass is 16.2. The largest absolute Gasteiger partial charge is 0.374 e. The van der Waals surface area contributed by atoms with Crippen molar-refractivity contribution in [2.24, 2.45) is 0 Å². The summed E-state index contributed by atoms with van der Waals surface area (Å²) in [7, 11) is 0. The van der Waals surface area contributed by atoms with E-state index in [4.69, 9.17) is 0 Å². The molecule has 0 aliphatic rings. The molecule has 0 saturated carbocycles. The quantitative estimate of drug-likeness (QED) is 0.792. The Hall–Kier alpha value is -1.51. The molecule has 3 heteroatoms. The van der Waals surface area contributed by atoms with Gasteiger partial charge in [-0.3, -0.25) is 4.79 Å². The van der Waals surface area contributed by atoms with Crippen molar-refractivity contribution in [2.75, 3.05) is 5.32 Å². The summed E-state index contributed by atoms with van der Waals surface area (Å²) in [6.45, 7) is 10.4. The molecule has 0 aromatic heterocycles. The molecule has 1 aromatic rings. The molecule has 2 N–H and O–H groups in total. The Bertz CT molecular complexity index is 408. The maximum atomic E-state index is 12.1. The molecule has 112 valence electrons. The Morgan fingerprint density at radius 3 is 2.05 bits per heavy atom. The maximum Gasteiger partial charge on any atom is 0.242 e. The van der Waals surface area contributed by atoms with E-state index in [9.17, 15) is 4.79 Å². The standard InChI is InChI=1S/C17H28N2O/c1-6-15(7-2)19-17(20)13(5)18-16-10-8-14(9-11-16)12(3)4/h8-13,15,18H,6-7H2,1-5H3,(H,19,20). The summed E-state index contributed by atoms with van der Waals surface area (Å²) in [4.78, 5) is 12.1. The topological polar surface area (TPSA) is 41.1 Å². The second-order valence-electron chi connectivity index (χ2n) is 5.66. The predicted molar refractivity (Wildman–Crippen MR) is 86.1 cm³/mol. The van der Waals surface area contributed by atoms with E-state index in [1.807, 2.05) is 19.1 Å². The molecule has 20 heavy (non-hydrogen) atoms. The minimum absolute atomic E-state index is 0.0617. The van der Waals surface area contributed by atoms with Crippen LogP contribution in [0.25, 0.3) is 0 Å². The van der Waals surface area contributed by atoms with Crippen molar-refractivity contribution in [1.82, 2.24) is 5.32 Å². The third-order valence-corrected chi connectivity index (χ3v) is 3.69. The number of carbonyl (C=O) groups excluding carboxylic acids is 1. The first-order valence-corrected chi connectivity index (χ1v) is 7.64. The number of amides is 1. The van der Waals surface area contributed by atoms with Gasteiger partial charge in [-0.05, 0) is 43.4 Å². The summed E-state index contributed by atoms with van der Waals surface area (Å²) in [5, 5.41) is 6.31. The molecular weight excluding hydrogens is 248 g/mol. The zero-order valence-corrected chi connectivity index (χ0v) is 13.4. The fourth-order valence-electron chi connectivity index (χ4n) is 2.10. The molecule has 1 atom stereocenters. The molecule has 0 bridgehead atoms. The molecule has 1 amide bonds. The lowest BCUT2D eigenvalue weighted by atomic mass is 10.0. The summed E-state index contributed by atoms with van der Waals surface area (Å²) in [6.07, 6.45) is 1.94. The first-order chi connectivity index (χ1) is 9.47. The van der Waals surface area contributed by atoms with Crippen LogP contribution in [0.2, 0.25) is 0 Å². The molecular formula is C17H28N2O. The normalized spacial score (nSPS) is 12.6. The molecule has 3 nitrogen and oxygen atoms in total. The third-order valence-electron chi connectivity index (χ3n) is 3.69. The van der Waals surface area contributed by atoms with E-state index >= 15 is 0 Å². The second kappa shape index (κ2) is 7.93. The van der Waals surface area contributed by atoms with Crippen LogP contribution in [0.15, 0.2) is 24.3 Å². The highest BCUT2D eigenvalue weighted by Gasteiger charge is 2.15. The van der Waals surface area contributed by atoms with Gasteiger partial charge in [-0.2, -0.15) is 0 Å². The summed E-state index contributed by atoms with van der Waals surface area (Å²) in [5.74, 6) is 0.589. The number of carbonyl (C=O) groups is 1. The summed E-state index contributed by atoms with van der Waals surface area (Å²) in [6, 6.07) is 8.35. The third kappa shape index (κ3) is 4.87. The van der Waals surface area contributed by atoms with Crippen LogP contribution in [0.1, 0.15) is 58.9 Å². The van der Waals surface area contributed by atoms with Gasteiger partial charge in [0.1, 0.15) is 6.04 Å². The Kier molecular flexibility index (Phi) is 6.56. The van der Waals surface area contributed by atoms with Gasteiger partial charge in [-0.15, -0.1) is 0 Å². The number of rotatable bonds is 7. The summed E-state index contributed by atoms with van der Waals surface area (Å²) >= 11 is 0. The molecule has 0 fully saturated rings. The molecule has 0 aliphatic carbocycles. The van der Waals surface area contributed by atoms with E-state index in [0.717, 1.165) is 18.5 Å². The zero-order valence-electron chi connectivity index (χ0n) is 13.4. The van der Waals surface area contributed by atoms with E-state index in [1.165, 1.54) is 5.56 Å². The molecule has 0 spiro atoms. The number of anilines is 1. The lowest BCUT2D eigenvalue weighted by Gasteiger charge is -2.20. The number of nitrogens with one attached hydrogen (secondary N) is 2. The van der Waals surface area contributed by atoms with Crippen LogP contribution in [-0.2, 0) is 4.79 Å². The summed E-state index contributed by atoms with van der Waals surface area (Å²) < 4.78 is 0. The first kappa shape index (κ1) is 16.5. The minimum atomic E-state index is -0.222. The summed E-state index contributed by atoms with van der Waals surface area (Å²) in [5.41, 5.74) is 2.30. The van der Waals surface area contributed by atoms with Gasteiger partial charge >= 0.3 is 0 Å². The van der Waals surface area contributed by atoms with Crippen LogP contribution in [0.5, 0.6) is 0 Å². The van der Waals surface area contributed by atoms with Gasteiger partial charge in [-0.1, -0.05) is 39.8 Å². The monoisotopic (exact) mass is 276 g/mol. The number of hydrogen-bond acceptors (Lipinski definition) is 2. The van der Waals surface area contributed by atoms with Crippen molar-refractivity contribution in [3.8, 4) is 0 Å². The maximum absolute atomic E-state index is 12.1. The smallest absolute Gasteiger partial charge is 0.242 e. The molecule has 1 rings (SSSR count). The van der Waals surface area contributed by atoms with Crippen LogP contribution in [-0.4, -0.2) is 18.0 Å². The van der Waals surface area contributed by atoms with E-state index in [1.54, 1.807) is 0 Å². The first-order valence-electron chi connectivity index (χ1n) is 7.64. The predicted octanol–water partition coefficient (Wildman–Crippen LogP) is 3.92. The SMILES string of the molecule is CCC(CC)NC(=O)C(C)Nc1ccc(C(C)C)cc1. The Balaban J connectivity index is 2.56. The van der Waals surface area contributed by atoms with Gasteiger partial charge in [0.25, 0.3) is 0 Å². The van der Waals surface area contributed by atoms with Gasteiger partial charge in [-0.25, -0.2) is 0 Å². The fourth-order valence-corrected chi connectivity index (χ4v) is 2.10. The van der Waals surface area contributed by atoms with Gasteiger partial charge in [0.2, 0.25) is 5.91 Å². The molecule has 1 aromatic carbocycles. The van der Waals surface area contributed by atoms with Gasteiger partial charge in [0, 0.05) is 11.7 Å². The van der Waals surface area contributed by atoms with Crippen LogP contribution in [0, 0.1) is 0 Å². The molecule has 0 heterocycles. The molecule has 0 saturated heterocycles. The van der Waals surface area contributed by atoms with E-state index in [-0.39, 0.29) is 18.0 Å². The van der Waals surface area contributed by atoms with Gasteiger partial charge in [0.15, 0.2) is 0 Å². The lowest BCUT2D eigenvalue weighted by Crippen LogP contribution is -2.42. The Morgan fingerprint density at radius 1 is 1.05 bits per heavy atom. The zero-order chi connectivity index (χ0) is 15.1. The van der Waals surface area contributed by atoms with Crippen molar-refractivity contribution >= 4 is 11.6 Å². The van der Waals surface area contributed by atoms with Crippen molar-refractivity contribution in [3.63, 3.8) is 0 Å². The fraction of sp³-hybridized carbons (Fsp3) is 0.588. The highest BCUT2D eigenvalue weighted by molar-refractivity contribution is 5.84. The molecule has 1 unspecified atom stereocenters. The van der Waals surface area contributed by atoms with Crippen molar-refractivity contribution < 1.29 is 4.79 Å². The van der Waals surface area contributed by atoms with Crippen molar-refractivity contribution in [3.05, 3.63) is 29.8 Å². The average molecular weight is 276 g/mol. The Labute approximate surface area is 123 Å². The van der Waals surface area contributed by atoms with Crippen molar-refractivity contribution in [2.45, 2.75) is 65.5 Å². The van der Waals surface area contributed by atoms with Crippen LogP contribution < -0.4 is 10.6 Å². The van der Waals surface area contributed by atoms with Gasteiger partial charge < -0.3 is 10.6 Å². The van der Waals surface area contributed by atoms with Crippen LogP contribution >= 0.6 is 0 Å². The van der Waals surface area contributed by atoms with Crippen LogP contribution in [0.3, 0.4) is 0 Å². The van der Waals surface area contributed by atoms with E-state index in [2.05, 4.69) is 50.5 Å². The minimum Gasteiger partial charge on any atom is -0.374 e. The van der Waals surface area contributed by atoms with E-state index in [0.29, 0.717) is 5.92 Å².